The molecule has 80 valence electrons. The summed E-state index contributed by atoms with van der Waals surface area (Å²) >= 11 is 0. The summed E-state index contributed by atoms with van der Waals surface area (Å²) < 4.78 is 0. The molecular formula is C11H20N2O. The normalized spacial score (nSPS) is 32.5. The van der Waals surface area contributed by atoms with Crippen LogP contribution in [0.25, 0.3) is 0 Å². The standard InChI is InChI=1S/C11H20N2O/c1-2-9-5-7-13(8-9)11(14)10-4-3-6-12-10/h9-10,12H,2-8H2,1H3/t9?,10-/m1/s1. The second kappa shape index (κ2) is 4.30. The molecule has 2 saturated heterocycles. The highest BCUT2D eigenvalue weighted by molar-refractivity contribution is 5.82. The van der Waals surface area contributed by atoms with Gasteiger partial charge >= 0.3 is 0 Å². The summed E-state index contributed by atoms with van der Waals surface area (Å²) in [4.78, 5) is 14.0. The molecule has 1 N–H and O–H groups in total. The lowest BCUT2D eigenvalue weighted by Crippen LogP contribution is -2.42. The molecule has 0 bridgehead atoms. The van der Waals surface area contributed by atoms with Gasteiger partial charge in [0.25, 0.3) is 0 Å². The van der Waals surface area contributed by atoms with Crippen molar-refractivity contribution in [3.05, 3.63) is 0 Å². The number of hydrogen-bond acceptors (Lipinski definition) is 2. The Kier molecular flexibility index (Phi) is 3.06. The molecular weight excluding hydrogens is 176 g/mol. The summed E-state index contributed by atoms with van der Waals surface area (Å²) in [5, 5.41) is 3.27. The average molecular weight is 196 g/mol. The van der Waals surface area contributed by atoms with Crippen molar-refractivity contribution in [2.75, 3.05) is 19.6 Å². The van der Waals surface area contributed by atoms with E-state index < -0.39 is 0 Å². The topological polar surface area (TPSA) is 32.3 Å². The third kappa shape index (κ3) is 1.92. The van der Waals surface area contributed by atoms with Gasteiger partial charge in [-0.25, -0.2) is 0 Å². The van der Waals surface area contributed by atoms with E-state index in [1.807, 2.05) is 0 Å². The van der Waals surface area contributed by atoms with Crippen molar-refractivity contribution >= 4 is 5.91 Å². The maximum Gasteiger partial charge on any atom is 0.239 e. The van der Waals surface area contributed by atoms with E-state index in [-0.39, 0.29) is 6.04 Å². The fraction of sp³-hybridized carbons (Fsp3) is 0.909. The van der Waals surface area contributed by atoms with Gasteiger partial charge in [-0.3, -0.25) is 4.79 Å². The first-order chi connectivity index (χ1) is 6.81. The van der Waals surface area contributed by atoms with Gasteiger partial charge in [0.15, 0.2) is 0 Å². The molecule has 2 fully saturated rings. The highest BCUT2D eigenvalue weighted by atomic mass is 16.2. The Hall–Kier alpha value is -0.570. The van der Waals surface area contributed by atoms with Crippen LogP contribution < -0.4 is 5.32 Å². The number of nitrogens with one attached hydrogen (secondary N) is 1. The zero-order valence-electron chi connectivity index (χ0n) is 8.96. The van der Waals surface area contributed by atoms with E-state index in [0.717, 1.165) is 38.4 Å². The lowest BCUT2D eigenvalue weighted by Gasteiger charge is -2.20. The predicted octanol–water partition coefficient (Wildman–Crippen LogP) is 0.997. The average Bonchev–Trinajstić information content (AvgIpc) is 2.88. The molecule has 0 aromatic rings. The van der Waals surface area contributed by atoms with Crippen LogP contribution in [0.15, 0.2) is 0 Å². The Morgan fingerprint density at radius 1 is 1.50 bits per heavy atom. The lowest BCUT2D eigenvalue weighted by molar-refractivity contribution is -0.132. The number of rotatable bonds is 2. The molecule has 1 amide bonds. The van der Waals surface area contributed by atoms with Crippen molar-refractivity contribution < 1.29 is 4.79 Å². The number of hydrogen-bond donors (Lipinski definition) is 1. The molecule has 2 rings (SSSR count). The van der Waals surface area contributed by atoms with Crippen LogP contribution in [0.1, 0.15) is 32.6 Å². The molecule has 0 aromatic carbocycles. The number of amides is 1. The van der Waals surface area contributed by atoms with Gasteiger partial charge in [-0.05, 0) is 31.7 Å². The Morgan fingerprint density at radius 2 is 2.36 bits per heavy atom. The first-order valence-electron chi connectivity index (χ1n) is 5.83. The van der Waals surface area contributed by atoms with Crippen molar-refractivity contribution in [3.8, 4) is 0 Å². The summed E-state index contributed by atoms with van der Waals surface area (Å²) in [7, 11) is 0. The van der Waals surface area contributed by atoms with Crippen molar-refractivity contribution in [2.24, 2.45) is 5.92 Å². The number of likely N-dealkylation sites (tertiary alicyclic amines) is 1. The minimum absolute atomic E-state index is 0.130. The van der Waals surface area contributed by atoms with Crippen LogP contribution in [0.3, 0.4) is 0 Å². The van der Waals surface area contributed by atoms with Crippen molar-refractivity contribution in [2.45, 2.75) is 38.6 Å². The van der Waals surface area contributed by atoms with Crippen molar-refractivity contribution in [1.82, 2.24) is 10.2 Å². The Bertz CT molecular complexity index is 211. The van der Waals surface area contributed by atoms with Gasteiger partial charge in [-0.1, -0.05) is 13.3 Å². The van der Waals surface area contributed by atoms with Crippen LogP contribution in [-0.4, -0.2) is 36.5 Å². The summed E-state index contributed by atoms with van der Waals surface area (Å²) in [6.45, 7) is 5.21. The minimum Gasteiger partial charge on any atom is -0.341 e. The SMILES string of the molecule is CCC1CCN(C(=O)[C@H]2CCCN2)C1. The third-order valence-electron chi connectivity index (χ3n) is 3.53. The van der Waals surface area contributed by atoms with E-state index in [9.17, 15) is 4.79 Å². The Labute approximate surface area is 85.8 Å². The van der Waals surface area contributed by atoms with E-state index >= 15 is 0 Å². The fourth-order valence-electron chi connectivity index (χ4n) is 2.48. The van der Waals surface area contributed by atoms with Crippen LogP contribution >= 0.6 is 0 Å². The predicted molar refractivity (Wildman–Crippen MR) is 56.0 cm³/mol. The Balaban J connectivity index is 1.86. The van der Waals surface area contributed by atoms with Crippen LogP contribution in [0.5, 0.6) is 0 Å². The highest BCUT2D eigenvalue weighted by Gasteiger charge is 2.31. The second-order valence-electron chi connectivity index (χ2n) is 4.50. The molecule has 2 atom stereocenters. The van der Waals surface area contributed by atoms with Gasteiger partial charge in [0.05, 0.1) is 6.04 Å². The molecule has 0 aromatic heterocycles. The molecule has 2 heterocycles. The summed E-state index contributed by atoms with van der Waals surface area (Å²) in [5.74, 6) is 1.10. The quantitative estimate of drug-likeness (QED) is 0.714. The summed E-state index contributed by atoms with van der Waals surface area (Å²) in [6.07, 6.45) is 4.60. The van der Waals surface area contributed by atoms with Gasteiger partial charge in [0.1, 0.15) is 0 Å². The molecule has 0 spiro atoms. The zero-order valence-corrected chi connectivity index (χ0v) is 8.96. The molecule has 0 saturated carbocycles. The monoisotopic (exact) mass is 196 g/mol. The molecule has 2 aliphatic rings. The van der Waals surface area contributed by atoms with Crippen molar-refractivity contribution in [1.29, 1.82) is 0 Å². The molecule has 0 aliphatic carbocycles. The zero-order chi connectivity index (χ0) is 9.97. The molecule has 1 unspecified atom stereocenters. The van der Waals surface area contributed by atoms with Crippen molar-refractivity contribution in [3.63, 3.8) is 0 Å². The van der Waals surface area contributed by atoms with Crippen LogP contribution in [0.2, 0.25) is 0 Å². The fourth-order valence-corrected chi connectivity index (χ4v) is 2.48. The van der Waals surface area contributed by atoms with E-state index in [4.69, 9.17) is 0 Å². The van der Waals surface area contributed by atoms with E-state index in [1.54, 1.807) is 0 Å². The maximum atomic E-state index is 12.0. The van der Waals surface area contributed by atoms with E-state index in [0.29, 0.717) is 5.91 Å². The first kappa shape index (κ1) is 9.97. The molecule has 3 heteroatoms. The number of carbonyl (C=O) groups excluding carboxylic acids is 1. The molecule has 0 radical (unpaired) electrons. The van der Waals surface area contributed by atoms with Crippen LogP contribution in [-0.2, 0) is 4.79 Å². The first-order valence-corrected chi connectivity index (χ1v) is 5.83. The van der Waals surface area contributed by atoms with Crippen LogP contribution in [0.4, 0.5) is 0 Å². The molecule has 2 aliphatic heterocycles. The maximum absolute atomic E-state index is 12.0. The smallest absolute Gasteiger partial charge is 0.239 e. The second-order valence-corrected chi connectivity index (χ2v) is 4.50. The van der Waals surface area contributed by atoms with Gasteiger partial charge in [-0.15, -0.1) is 0 Å². The Morgan fingerprint density at radius 3 is 2.93 bits per heavy atom. The van der Waals surface area contributed by atoms with Gasteiger partial charge in [0.2, 0.25) is 5.91 Å². The van der Waals surface area contributed by atoms with Gasteiger partial charge < -0.3 is 10.2 Å². The van der Waals surface area contributed by atoms with Gasteiger partial charge in [-0.2, -0.15) is 0 Å². The lowest BCUT2D eigenvalue weighted by atomic mass is 10.1. The van der Waals surface area contributed by atoms with Crippen LogP contribution in [0, 0.1) is 5.92 Å². The largest absolute Gasteiger partial charge is 0.341 e. The summed E-state index contributed by atoms with van der Waals surface area (Å²) in [5.41, 5.74) is 0. The van der Waals surface area contributed by atoms with E-state index in [1.165, 1.54) is 12.8 Å². The minimum atomic E-state index is 0.130. The summed E-state index contributed by atoms with van der Waals surface area (Å²) in [6, 6.07) is 0.130. The third-order valence-corrected chi connectivity index (χ3v) is 3.53. The van der Waals surface area contributed by atoms with E-state index in [2.05, 4.69) is 17.1 Å². The number of nitrogens with zero attached hydrogens (tertiary/aromatic N) is 1. The van der Waals surface area contributed by atoms with Gasteiger partial charge in [0, 0.05) is 13.1 Å². The number of carbonyl (C=O) groups is 1. The molecule has 3 nitrogen and oxygen atoms in total. The highest BCUT2D eigenvalue weighted by Crippen LogP contribution is 2.21. The molecule has 14 heavy (non-hydrogen) atoms.